The van der Waals surface area contributed by atoms with Crippen LogP contribution in [0.2, 0.25) is 0 Å². The first-order valence-corrected chi connectivity index (χ1v) is 11.8. The third kappa shape index (κ3) is 3.32. The normalized spacial score (nSPS) is 43.9. The number of carbonyl (C=O) groups is 2. The van der Waals surface area contributed by atoms with E-state index in [4.69, 9.17) is 9.47 Å². The second-order valence-corrected chi connectivity index (χ2v) is 10.8. The highest BCUT2D eigenvalue weighted by Gasteiger charge is 2.59. The van der Waals surface area contributed by atoms with Crippen molar-refractivity contribution in [3.05, 3.63) is 11.1 Å². The first-order chi connectivity index (χ1) is 14.1. The maximum Gasteiger partial charge on any atom is 0.302 e. The van der Waals surface area contributed by atoms with E-state index in [0.29, 0.717) is 11.8 Å². The van der Waals surface area contributed by atoms with E-state index in [0.717, 1.165) is 51.4 Å². The van der Waals surface area contributed by atoms with Crippen molar-refractivity contribution in [2.75, 3.05) is 0 Å². The molecule has 4 rings (SSSR count). The molecule has 0 heterocycles. The predicted octanol–water partition coefficient (Wildman–Crippen LogP) is 4.56. The van der Waals surface area contributed by atoms with Crippen molar-refractivity contribution in [2.24, 2.45) is 28.6 Å². The molecule has 5 heteroatoms. The number of esters is 2. The Morgan fingerprint density at radius 2 is 1.80 bits per heavy atom. The van der Waals surface area contributed by atoms with Crippen LogP contribution < -0.4 is 0 Å². The van der Waals surface area contributed by atoms with Crippen LogP contribution in [0.1, 0.15) is 86.0 Å². The van der Waals surface area contributed by atoms with Crippen LogP contribution in [0.4, 0.5) is 0 Å². The molecule has 0 amide bonds. The zero-order chi connectivity index (χ0) is 21.8. The van der Waals surface area contributed by atoms with Gasteiger partial charge in [0.15, 0.2) is 0 Å². The van der Waals surface area contributed by atoms with Crippen molar-refractivity contribution in [1.82, 2.24) is 0 Å². The molecule has 3 saturated carbocycles. The highest BCUT2D eigenvalue weighted by atomic mass is 16.5. The van der Waals surface area contributed by atoms with Gasteiger partial charge < -0.3 is 14.6 Å². The molecule has 0 aromatic rings. The summed E-state index contributed by atoms with van der Waals surface area (Å²) in [5, 5.41) is 11.5. The van der Waals surface area contributed by atoms with Gasteiger partial charge in [-0.3, -0.25) is 9.59 Å². The summed E-state index contributed by atoms with van der Waals surface area (Å²) < 4.78 is 11.1. The Bertz CT molecular complexity index is 757. The second-order valence-electron chi connectivity index (χ2n) is 10.8. The monoisotopic (exact) mass is 418 g/mol. The molecular formula is C25H38O5. The Hall–Kier alpha value is -1.36. The fourth-order valence-corrected chi connectivity index (χ4v) is 7.89. The van der Waals surface area contributed by atoms with Crippen LogP contribution in [0, 0.1) is 28.6 Å². The topological polar surface area (TPSA) is 72.8 Å². The molecule has 1 N–H and O–H groups in total. The van der Waals surface area contributed by atoms with Gasteiger partial charge in [0.05, 0.1) is 6.10 Å². The van der Waals surface area contributed by atoms with Gasteiger partial charge in [0.2, 0.25) is 0 Å². The quantitative estimate of drug-likeness (QED) is 0.537. The maximum atomic E-state index is 11.5. The number of aliphatic hydroxyl groups excluding tert-OH is 1. The van der Waals surface area contributed by atoms with Gasteiger partial charge in [-0.15, -0.1) is 0 Å². The van der Waals surface area contributed by atoms with Crippen LogP contribution in [-0.4, -0.2) is 35.4 Å². The standard InChI is InChI=1S/C25H38O5/c1-14(29-15(2)26)20-8-9-21-19-7-6-17-12-18(30-16(3)27)10-11-24(17,4)22(19)13-23(28)25(20,21)5/h14,17-18,20,22-23,28H,6-13H2,1-5H3/t14?,17-,18-,20+,22?,23-,24-,25+/m0/s1. The van der Waals surface area contributed by atoms with E-state index < -0.39 is 6.10 Å². The van der Waals surface area contributed by atoms with E-state index in [1.165, 1.54) is 19.4 Å². The van der Waals surface area contributed by atoms with Crippen LogP contribution in [0.25, 0.3) is 0 Å². The smallest absolute Gasteiger partial charge is 0.302 e. The van der Waals surface area contributed by atoms with Crippen LogP contribution in [0.15, 0.2) is 11.1 Å². The summed E-state index contributed by atoms with van der Waals surface area (Å²) in [4.78, 5) is 23.0. The lowest BCUT2D eigenvalue weighted by Gasteiger charge is -2.58. The molecule has 4 aliphatic carbocycles. The van der Waals surface area contributed by atoms with Crippen molar-refractivity contribution in [1.29, 1.82) is 0 Å². The molecule has 8 atom stereocenters. The summed E-state index contributed by atoms with van der Waals surface area (Å²) in [6.45, 7) is 9.57. The lowest BCUT2D eigenvalue weighted by molar-refractivity contribution is -0.155. The SMILES string of the molecule is CC(=O)OC(C)[C@H]1CCC2=C3CC[C@H]4C[C@@H](OC(C)=O)CC[C@]4(C)C3C[C@H](O)[C@@]21C. The van der Waals surface area contributed by atoms with E-state index in [-0.39, 0.29) is 40.9 Å². The number of hydrogen-bond acceptors (Lipinski definition) is 5. The maximum absolute atomic E-state index is 11.5. The van der Waals surface area contributed by atoms with E-state index >= 15 is 0 Å². The average molecular weight is 419 g/mol. The number of rotatable bonds is 3. The van der Waals surface area contributed by atoms with Gasteiger partial charge in [-0.25, -0.2) is 0 Å². The third-order valence-electron chi connectivity index (χ3n) is 9.38. The molecule has 0 aliphatic heterocycles. The highest BCUT2D eigenvalue weighted by molar-refractivity contribution is 5.66. The largest absolute Gasteiger partial charge is 0.463 e. The zero-order valence-corrected chi connectivity index (χ0v) is 19.2. The molecule has 0 aromatic carbocycles. The van der Waals surface area contributed by atoms with Crippen LogP contribution in [-0.2, 0) is 19.1 Å². The number of allylic oxidation sites excluding steroid dienone is 1. The Morgan fingerprint density at radius 3 is 2.47 bits per heavy atom. The number of ether oxygens (including phenoxy) is 2. The fourth-order valence-electron chi connectivity index (χ4n) is 7.89. The molecule has 0 saturated heterocycles. The van der Waals surface area contributed by atoms with E-state index in [1.807, 2.05) is 6.92 Å². The summed E-state index contributed by atoms with van der Waals surface area (Å²) in [5.74, 6) is 0.706. The Balaban J connectivity index is 1.62. The summed E-state index contributed by atoms with van der Waals surface area (Å²) in [6, 6.07) is 0. The summed E-state index contributed by atoms with van der Waals surface area (Å²) in [5.41, 5.74) is 2.92. The Kier molecular flexibility index (Phi) is 5.57. The van der Waals surface area contributed by atoms with Gasteiger partial charge in [0.25, 0.3) is 0 Å². The number of hydrogen-bond donors (Lipinski definition) is 1. The van der Waals surface area contributed by atoms with Crippen LogP contribution in [0.5, 0.6) is 0 Å². The van der Waals surface area contributed by atoms with Gasteiger partial charge in [0.1, 0.15) is 12.2 Å². The molecule has 4 aliphatic rings. The molecular weight excluding hydrogens is 380 g/mol. The lowest BCUT2D eigenvalue weighted by Crippen LogP contribution is -2.53. The average Bonchev–Trinajstić information content (AvgIpc) is 3.01. The predicted molar refractivity (Wildman–Crippen MR) is 113 cm³/mol. The second kappa shape index (κ2) is 7.65. The summed E-state index contributed by atoms with van der Waals surface area (Å²) in [6.07, 6.45) is 7.39. The molecule has 0 bridgehead atoms. The molecule has 0 aromatic heterocycles. The summed E-state index contributed by atoms with van der Waals surface area (Å²) >= 11 is 0. The minimum Gasteiger partial charge on any atom is -0.463 e. The minimum atomic E-state index is -0.409. The fraction of sp³-hybridized carbons (Fsp3) is 0.840. The van der Waals surface area contributed by atoms with Crippen molar-refractivity contribution in [2.45, 2.75) is 104 Å². The van der Waals surface area contributed by atoms with Crippen molar-refractivity contribution >= 4 is 11.9 Å². The first kappa shape index (κ1) is 21.9. The van der Waals surface area contributed by atoms with Crippen molar-refractivity contribution in [3.63, 3.8) is 0 Å². The molecule has 30 heavy (non-hydrogen) atoms. The van der Waals surface area contributed by atoms with Gasteiger partial charge >= 0.3 is 11.9 Å². The Morgan fingerprint density at radius 1 is 1.07 bits per heavy atom. The van der Waals surface area contributed by atoms with E-state index in [1.54, 1.807) is 5.57 Å². The highest BCUT2D eigenvalue weighted by Crippen LogP contribution is 2.65. The number of carbonyl (C=O) groups excluding carboxylic acids is 2. The minimum absolute atomic E-state index is 0.0500. The van der Waals surface area contributed by atoms with Gasteiger partial charge in [-0.2, -0.15) is 0 Å². The molecule has 0 spiro atoms. The van der Waals surface area contributed by atoms with Crippen LogP contribution in [0.3, 0.4) is 0 Å². The molecule has 2 unspecified atom stereocenters. The third-order valence-corrected chi connectivity index (χ3v) is 9.38. The van der Waals surface area contributed by atoms with Gasteiger partial charge in [0, 0.05) is 25.2 Å². The number of aliphatic hydroxyl groups is 1. The lowest BCUT2D eigenvalue weighted by atomic mass is 9.48. The molecule has 5 nitrogen and oxygen atoms in total. The van der Waals surface area contributed by atoms with Crippen molar-refractivity contribution < 1.29 is 24.2 Å². The van der Waals surface area contributed by atoms with Gasteiger partial charge in [-0.1, -0.05) is 25.0 Å². The summed E-state index contributed by atoms with van der Waals surface area (Å²) in [7, 11) is 0. The van der Waals surface area contributed by atoms with Gasteiger partial charge in [-0.05, 0) is 75.5 Å². The molecule has 3 fully saturated rings. The molecule has 168 valence electrons. The van der Waals surface area contributed by atoms with Crippen molar-refractivity contribution in [3.8, 4) is 0 Å². The Labute approximate surface area is 180 Å². The zero-order valence-electron chi connectivity index (χ0n) is 19.2. The molecule has 0 radical (unpaired) electrons. The first-order valence-electron chi connectivity index (χ1n) is 11.8. The number of fused-ring (bicyclic) bond motifs is 4. The van der Waals surface area contributed by atoms with E-state index in [9.17, 15) is 14.7 Å². The van der Waals surface area contributed by atoms with Crippen LogP contribution >= 0.6 is 0 Å². The van der Waals surface area contributed by atoms with E-state index in [2.05, 4.69) is 13.8 Å².